The van der Waals surface area contributed by atoms with E-state index in [0.717, 1.165) is 29.6 Å². The van der Waals surface area contributed by atoms with Crippen molar-refractivity contribution in [3.05, 3.63) is 52.5 Å². The molecule has 0 saturated heterocycles. The van der Waals surface area contributed by atoms with E-state index in [2.05, 4.69) is 13.0 Å². The van der Waals surface area contributed by atoms with Crippen LogP contribution in [0, 0.1) is 0 Å². The molecule has 0 spiro atoms. The van der Waals surface area contributed by atoms with Crippen LogP contribution in [0.15, 0.2) is 36.4 Å². The van der Waals surface area contributed by atoms with Crippen LogP contribution < -0.4 is 4.74 Å². The van der Waals surface area contributed by atoms with Crippen molar-refractivity contribution in [1.82, 2.24) is 0 Å². The summed E-state index contributed by atoms with van der Waals surface area (Å²) in [4.78, 5) is 10.8. The Morgan fingerprint density at radius 3 is 2.68 bits per heavy atom. The summed E-state index contributed by atoms with van der Waals surface area (Å²) >= 11 is 6.06. The SMILES string of the molecule is CC1Cc2cc(-c3ccc(C=O)c(Cl)c3)ccc2O1. The normalized spacial score (nSPS) is 16.8. The molecular formula is C16H13ClO2. The van der Waals surface area contributed by atoms with Gasteiger partial charge in [0, 0.05) is 12.0 Å². The number of hydrogen-bond acceptors (Lipinski definition) is 2. The summed E-state index contributed by atoms with van der Waals surface area (Å²) < 4.78 is 5.69. The van der Waals surface area contributed by atoms with Crippen molar-refractivity contribution in [2.45, 2.75) is 19.4 Å². The molecule has 2 nitrogen and oxygen atoms in total. The first-order valence-corrected chi connectivity index (χ1v) is 6.60. The van der Waals surface area contributed by atoms with E-state index in [9.17, 15) is 4.79 Å². The van der Waals surface area contributed by atoms with Crippen molar-refractivity contribution in [1.29, 1.82) is 0 Å². The lowest BCUT2D eigenvalue weighted by Gasteiger charge is -2.06. The molecule has 19 heavy (non-hydrogen) atoms. The number of halogens is 1. The molecule has 1 aliphatic heterocycles. The van der Waals surface area contributed by atoms with Crippen LogP contribution in [0.5, 0.6) is 5.75 Å². The molecule has 0 amide bonds. The number of ether oxygens (including phenoxy) is 1. The molecule has 0 saturated carbocycles. The van der Waals surface area contributed by atoms with Gasteiger partial charge in [0.15, 0.2) is 6.29 Å². The molecule has 1 atom stereocenters. The molecule has 0 aliphatic carbocycles. The number of benzene rings is 2. The van der Waals surface area contributed by atoms with E-state index >= 15 is 0 Å². The van der Waals surface area contributed by atoms with Gasteiger partial charge in [0.05, 0.1) is 5.02 Å². The molecule has 0 bridgehead atoms. The molecular weight excluding hydrogens is 260 g/mol. The molecule has 1 aliphatic rings. The fourth-order valence-electron chi connectivity index (χ4n) is 2.40. The molecule has 2 aromatic carbocycles. The maximum Gasteiger partial charge on any atom is 0.151 e. The van der Waals surface area contributed by atoms with E-state index < -0.39 is 0 Å². The predicted molar refractivity (Wildman–Crippen MR) is 76.1 cm³/mol. The molecule has 3 heteroatoms. The van der Waals surface area contributed by atoms with E-state index in [1.165, 1.54) is 5.56 Å². The zero-order valence-corrected chi connectivity index (χ0v) is 11.3. The molecule has 1 unspecified atom stereocenters. The Balaban J connectivity index is 2.01. The summed E-state index contributed by atoms with van der Waals surface area (Å²) in [6.45, 7) is 2.06. The van der Waals surface area contributed by atoms with Gasteiger partial charge in [-0.25, -0.2) is 0 Å². The first kappa shape index (κ1) is 12.2. The van der Waals surface area contributed by atoms with Gasteiger partial charge in [-0.2, -0.15) is 0 Å². The Morgan fingerprint density at radius 1 is 1.21 bits per heavy atom. The zero-order valence-electron chi connectivity index (χ0n) is 10.5. The monoisotopic (exact) mass is 272 g/mol. The molecule has 0 N–H and O–H groups in total. The standard InChI is InChI=1S/C16H13ClO2/c1-10-6-14-7-11(4-5-16(14)19-10)12-2-3-13(9-18)15(17)8-12/h2-5,7-10H,6H2,1H3. The molecule has 1 heterocycles. The molecule has 0 aromatic heterocycles. The predicted octanol–water partition coefficient (Wildman–Crippen LogP) is 4.14. The van der Waals surface area contributed by atoms with Crippen molar-refractivity contribution in [2.24, 2.45) is 0 Å². The van der Waals surface area contributed by atoms with Crippen molar-refractivity contribution in [3.63, 3.8) is 0 Å². The molecule has 96 valence electrons. The van der Waals surface area contributed by atoms with Gasteiger partial charge in [0.2, 0.25) is 0 Å². The lowest BCUT2D eigenvalue weighted by molar-refractivity contribution is 0.112. The quantitative estimate of drug-likeness (QED) is 0.768. The minimum Gasteiger partial charge on any atom is -0.490 e. The molecule has 2 aromatic rings. The summed E-state index contributed by atoms with van der Waals surface area (Å²) in [5.41, 5.74) is 3.85. The van der Waals surface area contributed by atoms with Crippen molar-refractivity contribution < 1.29 is 9.53 Å². The van der Waals surface area contributed by atoms with Crippen molar-refractivity contribution >= 4 is 17.9 Å². The second-order valence-electron chi connectivity index (χ2n) is 4.81. The Morgan fingerprint density at radius 2 is 1.95 bits per heavy atom. The number of aldehydes is 1. The Hall–Kier alpha value is -1.80. The first-order chi connectivity index (χ1) is 9.17. The summed E-state index contributed by atoms with van der Waals surface area (Å²) in [5.74, 6) is 0.965. The average Bonchev–Trinajstić information content (AvgIpc) is 2.77. The second-order valence-corrected chi connectivity index (χ2v) is 5.22. The van der Waals surface area contributed by atoms with Gasteiger partial charge in [0.25, 0.3) is 0 Å². The van der Waals surface area contributed by atoms with E-state index in [1.54, 1.807) is 6.07 Å². The number of rotatable bonds is 2. The van der Waals surface area contributed by atoms with Gasteiger partial charge in [-0.3, -0.25) is 4.79 Å². The Labute approximate surface area is 117 Å². The van der Waals surface area contributed by atoms with E-state index in [0.29, 0.717) is 10.6 Å². The number of hydrogen-bond donors (Lipinski definition) is 0. The highest BCUT2D eigenvalue weighted by Crippen LogP contribution is 2.33. The average molecular weight is 273 g/mol. The van der Waals surface area contributed by atoms with Gasteiger partial charge in [-0.1, -0.05) is 23.7 Å². The van der Waals surface area contributed by atoms with Crippen LogP contribution in [0.3, 0.4) is 0 Å². The highest BCUT2D eigenvalue weighted by Gasteiger charge is 2.19. The van der Waals surface area contributed by atoms with Gasteiger partial charge in [0.1, 0.15) is 11.9 Å². The van der Waals surface area contributed by atoms with Crippen LogP contribution in [-0.2, 0) is 6.42 Å². The van der Waals surface area contributed by atoms with E-state index in [4.69, 9.17) is 16.3 Å². The summed E-state index contributed by atoms with van der Waals surface area (Å²) in [7, 11) is 0. The van der Waals surface area contributed by atoms with Gasteiger partial charge >= 0.3 is 0 Å². The first-order valence-electron chi connectivity index (χ1n) is 6.22. The summed E-state index contributed by atoms with van der Waals surface area (Å²) in [6, 6.07) is 11.6. The number of fused-ring (bicyclic) bond motifs is 1. The Bertz CT molecular complexity index is 649. The summed E-state index contributed by atoms with van der Waals surface area (Å²) in [5, 5.41) is 0.484. The summed E-state index contributed by atoms with van der Waals surface area (Å²) in [6.07, 6.45) is 1.94. The third-order valence-electron chi connectivity index (χ3n) is 3.36. The van der Waals surface area contributed by atoms with Crippen molar-refractivity contribution in [2.75, 3.05) is 0 Å². The lowest BCUT2D eigenvalue weighted by Crippen LogP contribution is -2.05. The maximum atomic E-state index is 10.8. The van der Waals surface area contributed by atoms with Gasteiger partial charge in [-0.15, -0.1) is 0 Å². The van der Waals surface area contributed by atoms with Crippen LogP contribution in [0.2, 0.25) is 5.02 Å². The minimum absolute atomic E-state index is 0.242. The van der Waals surface area contributed by atoms with Crippen LogP contribution in [0.25, 0.3) is 11.1 Å². The van der Waals surface area contributed by atoms with Crippen LogP contribution in [0.4, 0.5) is 0 Å². The van der Waals surface area contributed by atoms with Crippen LogP contribution in [-0.4, -0.2) is 12.4 Å². The van der Waals surface area contributed by atoms with E-state index in [1.807, 2.05) is 24.3 Å². The highest BCUT2D eigenvalue weighted by molar-refractivity contribution is 6.33. The largest absolute Gasteiger partial charge is 0.490 e. The molecule has 0 radical (unpaired) electrons. The fraction of sp³-hybridized carbons (Fsp3) is 0.188. The van der Waals surface area contributed by atoms with E-state index in [-0.39, 0.29) is 6.10 Å². The molecule has 3 rings (SSSR count). The maximum absolute atomic E-state index is 10.8. The smallest absolute Gasteiger partial charge is 0.151 e. The zero-order chi connectivity index (χ0) is 13.4. The second kappa shape index (κ2) is 4.71. The Kier molecular flexibility index (Phi) is 3.03. The fourth-order valence-corrected chi connectivity index (χ4v) is 2.63. The van der Waals surface area contributed by atoms with Crippen molar-refractivity contribution in [3.8, 4) is 16.9 Å². The topological polar surface area (TPSA) is 26.3 Å². The van der Waals surface area contributed by atoms with Crippen LogP contribution >= 0.6 is 11.6 Å². The van der Waals surface area contributed by atoms with Gasteiger partial charge in [-0.05, 0) is 47.9 Å². The molecule has 0 fully saturated rings. The lowest BCUT2D eigenvalue weighted by atomic mass is 10.0. The van der Waals surface area contributed by atoms with Gasteiger partial charge < -0.3 is 4.74 Å². The highest BCUT2D eigenvalue weighted by atomic mass is 35.5. The number of carbonyl (C=O) groups is 1. The van der Waals surface area contributed by atoms with Crippen LogP contribution in [0.1, 0.15) is 22.8 Å². The third-order valence-corrected chi connectivity index (χ3v) is 3.68. The number of carbonyl (C=O) groups excluding carboxylic acids is 1. The minimum atomic E-state index is 0.242. The third kappa shape index (κ3) is 2.24.